The lowest BCUT2D eigenvalue weighted by Crippen LogP contribution is -2.29. The van der Waals surface area contributed by atoms with Gasteiger partial charge in [0.25, 0.3) is 0 Å². The normalized spacial score (nSPS) is 10.6. The van der Waals surface area contributed by atoms with Gasteiger partial charge in [-0.05, 0) is 0 Å². The van der Waals surface area contributed by atoms with Crippen LogP contribution < -0.4 is 16.9 Å². The zero-order valence-corrected chi connectivity index (χ0v) is 8.11. The predicted molar refractivity (Wildman–Crippen MR) is 56.2 cm³/mol. The van der Waals surface area contributed by atoms with Crippen LogP contribution in [0.3, 0.4) is 0 Å². The minimum atomic E-state index is -1.08. The Labute approximate surface area is 91.0 Å². The number of aromatic amines is 2. The van der Waals surface area contributed by atoms with Crippen molar-refractivity contribution in [1.82, 2.24) is 9.97 Å². The second-order valence-electron chi connectivity index (χ2n) is 3.21. The van der Waals surface area contributed by atoms with Gasteiger partial charge in [0, 0.05) is 6.07 Å². The molecule has 0 spiro atoms. The van der Waals surface area contributed by atoms with Crippen LogP contribution in [0.1, 0.15) is 0 Å². The van der Waals surface area contributed by atoms with Crippen LogP contribution in [0.25, 0.3) is 11.0 Å². The molecule has 0 bridgehead atoms. The number of H-pyrrole nitrogens is 2. The van der Waals surface area contributed by atoms with Crippen molar-refractivity contribution in [3.8, 4) is 0 Å². The van der Waals surface area contributed by atoms with E-state index in [1.807, 2.05) is 9.97 Å². The molecule has 0 atom stereocenters. The first-order valence-corrected chi connectivity index (χ1v) is 4.30. The smallest absolute Gasteiger partial charge is 0.320 e. The number of nitro groups is 1. The van der Waals surface area contributed by atoms with Gasteiger partial charge >= 0.3 is 16.8 Å². The summed E-state index contributed by atoms with van der Waals surface area (Å²) >= 11 is 0. The van der Waals surface area contributed by atoms with E-state index in [9.17, 15) is 24.1 Å². The maximum absolute atomic E-state index is 13.3. The molecule has 0 saturated heterocycles. The highest BCUT2D eigenvalue weighted by atomic mass is 19.1. The van der Waals surface area contributed by atoms with Crippen LogP contribution in [0.5, 0.6) is 0 Å². The van der Waals surface area contributed by atoms with Crippen molar-refractivity contribution < 1.29 is 9.31 Å². The summed E-state index contributed by atoms with van der Waals surface area (Å²) in [6, 6.07) is 0.801. The molecule has 0 fully saturated rings. The maximum atomic E-state index is 13.3. The van der Waals surface area contributed by atoms with Gasteiger partial charge < -0.3 is 15.7 Å². The molecule has 2 aromatic rings. The zero-order valence-electron chi connectivity index (χ0n) is 8.11. The van der Waals surface area contributed by atoms with E-state index in [4.69, 9.17) is 5.73 Å². The zero-order chi connectivity index (χ0) is 12.7. The molecule has 0 unspecified atom stereocenters. The molecular weight excluding hydrogens is 235 g/mol. The number of rotatable bonds is 1. The Balaban J connectivity index is 3.09. The molecule has 0 amide bonds. The molecule has 17 heavy (non-hydrogen) atoms. The van der Waals surface area contributed by atoms with Crippen molar-refractivity contribution in [2.24, 2.45) is 0 Å². The van der Waals surface area contributed by atoms with E-state index in [2.05, 4.69) is 0 Å². The van der Waals surface area contributed by atoms with Crippen LogP contribution in [0.15, 0.2) is 15.7 Å². The number of hydrogen-bond acceptors (Lipinski definition) is 5. The number of nitrogens with one attached hydrogen (secondary N) is 2. The monoisotopic (exact) mass is 240 g/mol. The average molecular weight is 240 g/mol. The summed E-state index contributed by atoms with van der Waals surface area (Å²) in [4.78, 5) is 35.8. The molecule has 0 aliphatic rings. The fraction of sp³-hybridized carbons (Fsp3) is 0. The topological polar surface area (TPSA) is 135 Å². The van der Waals surface area contributed by atoms with Gasteiger partial charge in [0.1, 0.15) is 11.2 Å². The van der Waals surface area contributed by atoms with Crippen LogP contribution in [-0.2, 0) is 0 Å². The maximum Gasteiger partial charge on any atom is 0.320 e. The Kier molecular flexibility index (Phi) is 2.16. The third-order valence-corrected chi connectivity index (χ3v) is 2.17. The number of nitrogens with two attached hydrogens (primary N) is 1. The number of hydrogen-bond donors (Lipinski definition) is 3. The van der Waals surface area contributed by atoms with E-state index < -0.39 is 33.2 Å². The number of benzene rings is 1. The van der Waals surface area contributed by atoms with E-state index in [1.54, 1.807) is 0 Å². The van der Waals surface area contributed by atoms with Crippen LogP contribution >= 0.6 is 0 Å². The number of aromatic nitrogens is 2. The quantitative estimate of drug-likeness (QED) is 0.275. The molecule has 1 aromatic heterocycles. The van der Waals surface area contributed by atoms with E-state index in [0.29, 0.717) is 0 Å². The number of halogens is 1. The first-order valence-electron chi connectivity index (χ1n) is 4.30. The van der Waals surface area contributed by atoms with Gasteiger partial charge in [-0.15, -0.1) is 0 Å². The summed E-state index contributed by atoms with van der Waals surface area (Å²) in [6.45, 7) is 0. The summed E-state index contributed by atoms with van der Waals surface area (Å²) in [5.74, 6) is -1.05. The van der Waals surface area contributed by atoms with Crippen LogP contribution in [-0.4, -0.2) is 14.9 Å². The fourth-order valence-corrected chi connectivity index (χ4v) is 1.42. The van der Waals surface area contributed by atoms with Crippen LogP contribution in [0.4, 0.5) is 15.8 Å². The minimum Gasteiger partial charge on any atom is -0.391 e. The van der Waals surface area contributed by atoms with Gasteiger partial charge in [0.15, 0.2) is 5.82 Å². The number of fused-ring (bicyclic) bond motifs is 1. The Morgan fingerprint density at radius 1 is 1.29 bits per heavy atom. The number of anilines is 1. The molecular formula is C8H5FN4O4. The van der Waals surface area contributed by atoms with Gasteiger partial charge in [-0.1, -0.05) is 0 Å². The van der Waals surface area contributed by atoms with Gasteiger partial charge in [0.05, 0.1) is 10.4 Å². The third-order valence-electron chi connectivity index (χ3n) is 2.17. The molecule has 4 N–H and O–H groups in total. The highest BCUT2D eigenvalue weighted by Crippen LogP contribution is 2.30. The minimum absolute atomic E-state index is 0.201. The lowest BCUT2D eigenvalue weighted by atomic mass is 10.2. The standard InChI is InChI=1S/C8H5FN4O4/c9-2-1-3-5(6(4(2)10)13(16)17)12-8(15)7(14)11-3/h1H,10H2,(H,11,14)(H,12,15). The molecule has 88 valence electrons. The van der Waals surface area contributed by atoms with Crippen molar-refractivity contribution in [2.75, 3.05) is 5.73 Å². The van der Waals surface area contributed by atoms with Crippen molar-refractivity contribution >= 4 is 22.4 Å². The summed E-state index contributed by atoms with van der Waals surface area (Å²) in [7, 11) is 0. The van der Waals surface area contributed by atoms with E-state index >= 15 is 0 Å². The SMILES string of the molecule is Nc1c(F)cc2[nH]c(=O)c(=O)[nH]c2c1[N+](=O)[O-]. The largest absolute Gasteiger partial charge is 0.391 e. The Morgan fingerprint density at radius 2 is 1.88 bits per heavy atom. The molecule has 0 aliphatic heterocycles. The van der Waals surface area contributed by atoms with E-state index in [1.165, 1.54) is 0 Å². The Bertz CT molecular complexity index is 747. The molecule has 0 aliphatic carbocycles. The Hall–Kier alpha value is -2.71. The van der Waals surface area contributed by atoms with Crippen LogP contribution in [0.2, 0.25) is 0 Å². The lowest BCUT2D eigenvalue weighted by Gasteiger charge is -2.02. The summed E-state index contributed by atoms with van der Waals surface area (Å²) in [5.41, 5.74) is 1.09. The molecule has 8 nitrogen and oxygen atoms in total. The molecule has 2 rings (SSSR count). The second-order valence-corrected chi connectivity index (χ2v) is 3.21. The van der Waals surface area contributed by atoms with E-state index in [-0.39, 0.29) is 11.0 Å². The Morgan fingerprint density at radius 3 is 2.47 bits per heavy atom. The van der Waals surface area contributed by atoms with Crippen molar-refractivity contribution in [2.45, 2.75) is 0 Å². The van der Waals surface area contributed by atoms with Crippen molar-refractivity contribution in [3.63, 3.8) is 0 Å². The van der Waals surface area contributed by atoms with Gasteiger partial charge in [-0.2, -0.15) is 0 Å². The molecule has 1 heterocycles. The first kappa shape index (κ1) is 10.8. The van der Waals surface area contributed by atoms with Gasteiger partial charge in [0.2, 0.25) is 0 Å². The van der Waals surface area contributed by atoms with Gasteiger partial charge in [-0.3, -0.25) is 19.7 Å². The number of nitrogen functional groups attached to an aromatic ring is 1. The molecule has 0 saturated carbocycles. The summed E-state index contributed by atoms with van der Waals surface area (Å²) in [6.07, 6.45) is 0. The molecule has 9 heteroatoms. The van der Waals surface area contributed by atoms with Crippen LogP contribution in [0, 0.1) is 15.9 Å². The first-order chi connectivity index (χ1) is 7.91. The number of nitrogens with zero attached hydrogens (tertiary/aromatic N) is 1. The highest BCUT2D eigenvalue weighted by molar-refractivity contribution is 5.90. The fourth-order valence-electron chi connectivity index (χ4n) is 1.42. The van der Waals surface area contributed by atoms with Crippen molar-refractivity contribution in [3.05, 3.63) is 42.7 Å². The third kappa shape index (κ3) is 1.53. The lowest BCUT2D eigenvalue weighted by molar-refractivity contribution is -0.382. The summed E-state index contributed by atoms with van der Waals surface area (Å²) < 4.78 is 13.3. The molecule has 0 radical (unpaired) electrons. The van der Waals surface area contributed by atoms with E-state index in [0.717, 1.165) is 6.07 Å². The molecule has 1 aromatic carbocycles. The van der Waals surface area contributed by atoms with Crippen molar-refractivity contribution in [1.29, 1.82) is 0 Å². The van der Waals surface area contributed by atoms with Gasteiger partial charge in [-0.25, -0.2) is 4.39 Å². The second kappa shape index (κ2) is 3.40. The summed E-state index contributed by atoms with van der Waals surface area (Å²) in [5, 5.41) is 10.7. The highest BCUT2D eigenvalue weighted by Gasteiger charge is 2.22. The average Bonchev–Trinajstić information content (AvgIpc) is 2.23. The predicted octanol–water partition coefficient (Wildman–Crippen LogP) is -0.154. The number of nitro benzene ring substituents is 1.